The molecule has 0 unspecified atom stereocenters. The first-order chi connectivity index (χ1) is 20.7. The van der Waals surface area contributed by atoms with Gasteiger partial charge in [0.2, 0.25) is 10.0 Å². The number of benzene rings is 3. The molecule has 0 saturated heterocycles. The van der Waals surface area contributed by atoms with Crippen LogP contribution in [0.3, 0.4) is 0 Å². The van der Waals surface area contributed by atoms with Crippen LogP contribution in [0.25, 0.3) is 10.9 Å². The Morgan fingerprint density at radius 2 is 1.67 bits per heavy atom. The number of amides is 1. The van der Waals surface area contributed by atoms with E-state index in [0.29, 0.717) is 43.7 Å². The zero-order valence-electron chi connectivity index (χ0n) is 24.3. The lowest BCUT2D eigenvalue weighted by Gasteiger charge is -2.25. The number of rotatable bonds is 10. The summed E-state index contributed by atoms with van der Waals surface area (Å²) in [6.07, 6.45) is 2.01. The molecule has 11 heteroatoms. The zero-order chi connectivity index (χ0) is 31.0. The Morgan fingerprint density at radius 1 is 1.05 bits per heavy atom. The van der Waals surface area contributed by atoms with E-state index in [1.54, 1.807) is 13.1 Å². The Balaban J connectivity index is 0.00000135. The first-order valence-corrected chi connectivity index (χ1v) is 15.8. The lowest BCUT2D eigenvalue weighted by atomic mass is 10.00. The summed E-state index contributed by atoms with van der Waals surface area (Å²) in [5.74, 6) is -0.342. The molecule has 0 radical (unpaired) electrons. The van der Waals surface area contributed by atoms with E-state index in [2.05, 4.69) is 15.2 Å². The number of nitrogens with zero attached hydrogens (tertiary/aromatic N) is 2. The number of anilines is 1. The van der Waals surface area contributed by atoms with E-state index in [0.717, 1.165) is 27.6 Å². The number of carboxylic acid groups (broad SMARTS) is 1. The van der Waals surface area contributed by atoms with Crippen LogP contribution in [0.4, 0.5) is 5.69 Å². The number of carbonyl (C=O) groups excluding carboxylic acids is 1. The van der Waals surface area contributed by atoms with E-state index < -0.39 is 22.2 Å². The molecule has 43 heavy (non-hydrogen) atoms. The van der Waals surface area contributed by atoms with Gasteiger partial charge in [-0.15, -0.1) is 0 Å². The predicted molar refractivity (Wildman–Crippen MR) is 168 cm³/mol. The van der Waals surface area contributed by atoms with Gasteiger partial charge in [0.05, 0.1) is 29.1 Å². The fourth-order valence-corrected chi connectivity index (χ4v) is 6.55. The Hall–Kier alpha value is -4.19. The van der Waals surface area contributed by atoms with Crippen molar-refractivity contribution >= 4 is 39.0 Å². The van der Waals surface area contributed by atoms with Crippen molar-refractivity contribution in [1.82, 2.24) is 15.2 Å². The maximum absolute atomic E-state index is 13.7. The summed E-state index contributed by atoms with van der Waals surface area (Å²) in [4.78, 5) is 22.1. The van der Waals surface area contributed by atoms with Crippen molar-refractivity contribution in [2.75, 3.05) is 23.7 Å². The number of hydrogen-bond donors (Lipinski definition) is 4. The number of aliphatic hydroxyl groups excluding tert-OH is 1. The first kappa shape index (κ1) is 31.7. The molecule has 0 fully saturated rings. The van der Waals surface area contributed by atoms with Crippen LogP contribution >= 0.6 is 0 Å². The average Bonchev–Trinajstić information content (AvgIpc) is 3.34. The molecule has 0 bridgehead atoms. The molecule has 5 rings (SSSR count). The quantitative estimate of drug-likeness (QED) is 0.203. The highest BCUT2D eigenvalue weighted by Gasteiger charge is 2.29. The number of nitrogens with one attached hydrogen (secondary N) is 2. The van der Waals surface area contributed by atoms with Gasteiger partial charge in [0.25, 0.3) is 12.4 Å². The van der Waals surface area contributed by atoms with E-state index in [4.69, 9.17) is 9.90 Å². The van der Waals surface area contributed by atoms with Gasteiger partial charge in [0.15, 0.2) is 0 Å². The molecule has 1 aromatic heterocycles. The molecule has 1 aliphatic heterocycles. The number of aryl methyl sites for hydroxylation is 2. The maximum atomic E-state index is 13.7. The SMILES string of the molecule is CCn1cc2c3c(cc(C(=O)N[C@@H](Cc4ccccc4)[C@H](O)CNCc4ccccc4)cc31)N(C)S(=O)(=O)CC2.O=CO. The smallest absolute Gasteiger partial charge is 0.290 e. The molecule has 2 heterocycles. The van der Waals surface area contributed by atoms with Crippen LogP contribution in [0.5, 0.6) is 0 Å². The molecule has 0 saturated carbocycles. The highest BCUT2D eigenvalue weighted by Crippen LogP contribution is 2.36. The van der Waals surface area contributed by atoms with Gasteiger partial charge < -0.3 is 25.4 Å². The predicted octanol–water partition coefficient (Wildman–Crippen LogP) is 3.18. The molecule has 1 aliphatic rings. The van der Waals surface area contributed by atoms with Gasteiger partial charge in [-0.25, -0.2) is 8.42 Å². The van der Waals surface area contributed by atoms with E-state index >= 15 is 0 Å². The molecule has 0 spiro atoms. The van der Waals surface area contributed by atoms with Crippen LogP contribution in [0.2, 0.25) is 0 Å². The van der Waals surface area contributed by atoms with Gasteiger partial charge in [0, 0.05) is 43.8 Å². The minimum atomic E-state index is -3.51. The Bertz CT molecular complexity index is 1640. The number of aliphatic hydroxyl groups is 1. The average molecular weight is 607 g/mol. The van der Waals surface area contributed by atoms with Gasteiger partial charge in [-0.05, 0) is 48.6 Å². The fraction of sp³-hybridized carbons (Fsp3) is 0.312. The van der Waals surface area contributed by atoms with Crippen molar-refractivity contribution in [3.8, 4) is 0 Å². The minimum absolute atomic E-state index is 0.0177. The van der Waals surface area contributed by atoms with E-state index in [1.807, 2.05) is 79.9 Å². The molecule has 228 valence electrons. The Morgan fingerprint density at radius 3 is 2.30 bits per heavy atom. The van der Waals surface area contributed by atoms with Crippen LogP contribution in [-0.4, -0.2) is 67.1 Å². The topological polar surface area (TPSA) is 141 Å². The van der Waals surface area contributed by atoms with Gasteiger partial charge in [0.1, 0.15) is 0 Å². The van der Waals surface area contributed by atoms with Crippen LogP contribution in [0.1, 0.15) is 34.0 Å². The highest BCUT2D eigenvalue weighted by molar-refractivity contribution is 7.92. The highest BCUT2D eigenvalue weighted by atomic mass is 32.2. The summed E-state index contributed by atoms with van der Waals surface area (Å²) in [6, 6.07) is 22.6. The lowest BCUT2D eigenvalue weighted by molar-refractivity contribution is -0.122. The van der Waals surface area contributed by atoms with Gasteiger partial charge in [-0.3, -0.25) is 13.9 Å². The van der Waals surface area contributed by atoms with Crippen molar-refractivity contribution in [2.45, 2.75) is 45.0 Å². The maximum Gasteiger partial charge on any atom is 0.290 e. The molecular weight excluding hydrogens is 568 g/mol. The fourth-order valence-electron chi connectivity index (χ4n) is 5.35. The summed E-state index contributed by atoms with van der Waals surface area (Å²) in [5.41, 5.74) is 4.75. The third-order valence-corrected chi connectivity index (χ3v) is 9.38. The Kier molecular flexibility index (Phi) is 10.6. The summed E-state index contributed by atoms with van der Waals surface area (Å²) in [5, 5.41) is 25.3. The second kappa shape index (κ2) is 14.3. The molecule has 1 amide bonds. The van der Waals surface area contributed by atoms with Crippen molar-refractivity contribution in [2.24, 2.45) is 0 Å². The summed E-state index contributed by atoms with van der Waals surface area (Å²) < 4.78 is 29.1. The first-order valence-electron chi connectivity index (χ1n) is 14.2. The summed E-state index contributed by atoms with van der Waals surface area (Å²) in [7, 11) is -1.96. The minimum Gasteiger partial charge on any atom is -0.483 e. The van der Waals surface area contributed by atoms with E-state index in [-0.39, 0.29) is 18.1 Å². The van der Waals surface area contributed by atoms with Crippen molar-refractivity contribution in [3.05, 3.63) is 101 Å². The molecule has 10 nitrogen and oxygen atoms in total. The standard InChI is InChI=1S/C31H36N4O4S.CH2O2/c1-3-35-21-24-14-15-40(38,39)34(2)27-17-25(18-28(35)30(24)27)31(37)33-26(16-22-10-6-4-7-11-22)29(36)20-32-19-23-12-8-5-9-13-23;2-1-3/h4-13,17-18,21,26,29,32,36H,3,14-16,19-20H2,1-2H3,(H,33,37);1H,(H,2,3)/t26-,29+;/m0./s1. The molecule has 0 aliphatic carbocycles. The normalized spacial score (nSPS) is 15.1. The van der Waals surface area contributed by atoms with Crippen molar-refractivity contribution < 1.29 is 28.2 Å². The number of hydrogen-bond acceptors (Lipinski definition) is 6. The van der Waals surface area contributed by atoms with E-state index in [1.165, 1.54) is 4.31 Å². The molecule has 3 aromatic carbocycles. The molecular formula is C32H38N4O6S. The van der Waals surface area contributed by atoms with Gasteiger partial charge >= 0.3 is 0 Å². The summed E-state index contributed by atoms with van der Waals surface area (Å²) >= 11 is 0. The number of carbonyl (C=O) groups is 2. The molecule has 2 atom stereocenters. The van der Waals surface area contributed by atoms with Gasteiger partial charge in [-0.2, -0.15) is 0 Å². The van der Waals surface area contributed by atoms with Crippen LogP contribution in [-0.2, 0) is 40.7 Å². The number of aromatic nitrogens is 1. The van der Waals surface area contributed by atoms with Crippen molar-refractivity contribution in [1.29, 1.82) is 0 Å². The summed E-state index contributed by atoms with van der Waals surface area (Å²) in [6.45, 7) is 3.36. The molecule has 4 aromatic rings. The van der Waals surface area contributed by atoms with Crippen LogP contribution in [0, 0.1) is 0 Å². The van der Waals surface area contributed by atoms with Crippen LogP contribution < -0.4 is 14.9 Å². The third-order valence-electron chi connectivity index (χ3n) is 7.63. The molecule has 4 N–H and O–H groups in total. The van der Waals surface area contributed by atoms with Crippen LogP contribution in [0.15, 0.2) is 79.0 Å². The Labute approximate surface area is 252 Å². The largest absolute Gasteiger partial charge is 0.483 e. The third kappa shape index (κ3) is 7.61. The second-order valence-electron chi connectivity index (χ2n) is 10.4. The lowest BCUT2D eigenvalue weighted by Crippen LogP contribution is -2.48. The van der Waals surface area contributed by atoms with Crippen molar-refractivity contribution in [3.63, 3.8) is 0 Å². The van der Waals surface area contributed by atoms with Gasteiger partial charge in [-0.1, -0.05) is 60.7 Å². The van der Waals surface area contributed by atoms with E-state index in [9.17, 15) is 18.3 Å². The zero-order valence-corrected chi connectivity index (χ0v) is 25.1. The number of sulfonamides is 1. The second-order valence-corrected chi connectivity index (χ2v) is 12.5. The monoisotopic (exact) mass is 606 g/mol.